The van der Waals surface area contributed by atoms with Crippen molar-refractivity contribution >= 4 is 5.91 Å². The lowest BCUT2D eigenvalue weighted by molar-refractivity contribution is -0.299. The van der Waals surface area contributed by atoms with Crippen LogP contribution in [0.2, 0.25) is 0 Å². The van der Waals surface area contributed by atoms with Gasteiger partial charge in [0.2, 0.25) is 5.91 Å². The van der Waals surface area contributed by atoms with Crippen molar-refractivity contribution in [2.24, 2.45) is 0 Å². The third kappa shape index (κ3) is 5.14. The van der Waals surface area contributed by atoms with Gasteiger partial charge in [0.25, 0.3) is 0 Å². The first-order valence-corrected chi connectivity index (χ1v) is 8.62. The Morgan fingerprint density at radius 3 is 1.96 bits per heavy atom. The fourth-order valence-corrected chi connectivity index (χ4v) is 2.91. The number of amides is 1. The molecule has 0 saturated carbocycles. The molecule has 0 bridgehead atoms. The Labute approximate surface area is 160 Å². The van der Waals surface area contributed by atoms with Crippen LogP contribution in [0.25, 0.3) is 0 Å². The van der Waals surface area contributed by atoms with Crippen LogP contribution in [0.4, 0.5) is 0 Å². The number of carbonyl (C=O) groups is 1. The molecule has 164 valence electrons. The van der Waals surface area contributed by atoms with Crippen molar-refractivity contribution in [2.45, 2.75) is 61.4 Å². The van der Waals surface area contributed by atoms with Crippen LogP contribution in [0.3, 0.4) is 0 Å². The standard InChI is InChI=1S/C15H27NO12/c1-25-14-12(23)10(21)8(19)5(27-14)2-16-7(18)4-26-15-13(24)11(22)9(20)6(3-17)28-15/h5-6,8-15,17,19-24H,2-4H2,1H3,(H,16,18)/t5-,6-,8-,9-,10+,11+,12-,13-,14+,15+/m1/s1. The number of rotatable bonds is 7. The molecule has 2 fully saturated rings. The third-order valence-electron chi connectivity index (χ3n) is 4.63. The van der Waals surface area contributed by atoms with E-state index in [1.165, 1.54) is 7.11 Å². The van der Waals surface area contributed by atoms with Crippen LogP contribution in [-0.2, 0) is 23.7 Å². The summed E-state index contributed by atoms with van der Waals surface area (Å²) in [5, 5.41) is 70.0. The van der Waals surface area contributed by atoms with Gasteiger partial charge < -0.3 is 60.0 Å². The molecule has 0 aliphatic carbocycles. The Hall–Kier alpha value is -0.970. The first-order valence-electron chi connectivity index (χ1n) is 8.62. The number of hydrogen-bond donors (Lipinski definition) is 8. The van der Waals surface area contributed by atoms with Gasteiger partial charge in [-0.1, -0.05) is 0 Å². The first-order chi connectivity index (χ1) is 13.2. The van der Waals surface area contributed by atoms with E-state index in [-0.39, 0.29) is 6.54 Å². The molecular formula is C15H27NO12. The lowest BCUT2D eigenvalue weighted by atomic mass is 9.99. The van der Waals surface area contributed by atoms with E-state index in [0.717, 1.165) is 0 Å². The molecule has 28 heavy (non-hydrogen) atoms. The van der Waals surface area contributed by atoms with Gasteiger partial charge in [0.15, 0.2) is 12.6 Å². The van der Waals surface area contributed by atoms with Crippen LogP contribution in [0.1, 0.15) is 0 Å². The highest BCUT2D eigenvalue weighted by Crippen LogP contribution is 2.22. The number of aliphatic hydroxyl groups excluding tert-OH is 7. The van der Waals surface area contributed by atoms with Crippen molar-refractivity contribution in [3.05, 3.63) is 0 Å². The minimum Gasteiger partial charge on any atom is -0.394 e. The molecule has 2 heterocycles. The van der Waals surface area contributed by atoms with Gasteiger partial charge in [0, 0.05) is 13.7 Å². The maximum atomic E-state index is 11.9. The zero-order valence-corrected chi connectivity index (χ0v) is 15.1. The van der Waals surface area contributed by atoms with Gasteiger partial charge in [-0.15, -0.1) is 0 Å². The molecule has 0 unspecified atom stereocenters. The molecule has 0 aromatic carbocycles. The smallest absolute Gasteiger partial charge is 0.246 e. The average molecular weight is 413 g/mol. The second-order valence-electron chi connectivity index (χ2n) is 6.56. The number of hydrogen-bond acceptors (Lipinski definition) is 12. The second kappa shape index (κ2) is 10.2. The van der Waals surface area contributed by atoms with Crippen LogP contribution >= 0.6 is 0 Å². The molecule has 0 spiro atoms. The quantitative estimate of drug-likeness (QED) is 0.196. The fraction of sp³-hybridized carbons (Fsp3) is 0.933. The van der Waals surface area contributed by atoms with Crippen molar-refractivity contribution in [1.82, 2.24) is 5.32 Å². The monoisotopic (exact) mass is 413 g/mol. The van der Waals surface area contributed by atoms with Gasteiger partial charge in [-0.3, -0.25) is 4.79 Å². The molecule has 10 atom stereocenters. The minimum absolute atomic E-state index is 0.248. The molecular weight excluding hydrogens is 386 g/mol. The van der Waals surface area contributed by atoms with Gasteiger partial charge in [-0.2, -0.15) is 0 Å². The zero-order valence-electron chi connectivity index (χ0n) is 15.1. The van der Waals surface area contributed by atoms with Crippen LogP contribution in [0.15, 0.2) is 0 Å². The van der Waals surface area contributed by atoms with Crippen molar-refractivity contribution in [3.8, 4) is 0 Å². The summed E-state index contributed by atoms with van der Waals surface area (Å²) < 4.78 is 20.3. The van der Waals surface area contributed by atoms with E-state index in [2.05, 4.69) is 5.32 Å². The minimum atomic E-state index is -1.65. The highest BCUT2D eigenvalue weighted by molar-refractivity contribution is 5.77. The molecule has 0 aromatic rings. The number of methoxy groups -OCH3 is 1. The van der Waals surface area contributed by atoms with E-state index in [1.54, 1.807) is 0 Å². The summed E-state index contributed by atoms with van der Waals surface area (Å²) in [6, 6.07) is 0. The van der Waals surface area contributed by atoms with Gasteiger partial charge in [-0.05, 0) is 0 Å². The molecule has 13 heteroatoms. The predicted octanol–water partition coefficient (Wildman–Crippen LogP) is -5.63. The molecule has 0 radical (unpaired) electrons. The lowest BCUT2D eigenvalue weighted by Gasteiger charge is -2.40. The van der Waals surface area contributed by atoms with E-state index in [9.17, 15) is 35.4 Å². The maximum Gasteiger partial charge on any atom is 0.246 e. The Morgan fingerprint density at radius 2 is 1.39 bits per heavy atom. The van der Waals surface area contributed by atoms with E-state index < -0.39 is 80.5 Å². The van der Waals surface area contributed by atoms with Gasteiger partial charge in [0.05, 0.1) is 6.61 Å². The Balaban J connectivity index is 1.81. The molecule has 2 aliphatic rings. The highest BCUT2D eigenvalue weighted by Gasteiger charge is 2.45. The van der Waals surface area contributed by atoms with Crippen LogP contribution in [0, 0.1) is 0 Å². The number of ether oxygens (including phenoxy) is 4. The lowest BCUT2D eigenvalue weighted by Crippen LogP contribution is -2.60. The molecule has 2 aliphatic heterocycles. The Bertz CT molecular complexity index is 463. The predicted molar refractivity (Wildman–Crippen MR) is 86.4 cm³/mol. The van der Waals surface area contributed by atoms with E-state index in [4.69, 9.17) is 24.1 Å². The average Bonchev–Trinajstić information content (AvgIpc) is 2.69. The topological polar surface area (TPSA) is 208 Å². The van der Waals surface area contributed by atoms with Crippen molar-refractivity contribution in [2.75, 3.05) is 26.9 Å². The highest BCUT2D eigenvalue weighted by atomic mass is 16.7. The Kier molecular flexibility index (Phi) is 8.47. The third-order valence-corrected chi connectivity index (χ3v) is 4.63. The van der Waals surface area contributed by atoms with Crippen LogP contribution in [-0.4, -0.2) is 130 Å². The number of carbonyl (C=O) groups excluding carboxylic acids is 1. The Morgan fingerprint density at radius 1 is 0.857 bits per heavy atom. The number of nitrogens with one attached hydrogen (secondary N) is 1. The maximum absolute atomic E-state index is 11.9. The summed E-state index contributed by atoms with van der Waals surface area (Å²) in [7, 11) is 1.24. The van der Waals surface area contributed by atoms with Gasteiger partial charge in [-0.25, -0.2) is 0 Å². The fourth-order valence-electron chi connectivity index (χ4n) is 2.91. The SMILES string of the molecule is CO[C@H]1O[C@H](CNC(=O)CO[C@H]2O[C@H](CO)[C@@H](O)[C@H](O)[C@H]2O)[C@@H](O)[C@H](O)[C@H]1O. The van der Waals surface area contributed by atoms with Crippen molar-refractivity contribution in [3.63, 3.8) is 0 Å². The molecule has 1 amide bonds. The summed E-state index contributed by atoms with van der Waals surface area (Å²) in [5.41, 5.74) is 0. The van der Waals surface area contributed by atoms with Crippen LogP contribution < -0.4 is 5.32 Å². The van der Waals surface area contributed by atoms with E-state index in [0.29, 0.717) is 0 Å². The first kappa shape index (κ1) is 23.3. The van der Waals surface area contributed by atoms with Gasteiger partial charge >= 0.3 is 0 Å². The summed E-state index contributed by atoms with van der Waals surface area (Å²) in [4.78, 5) is 11.9. The van der Waals surface area contributed by atoms with E-state index >= 15 is 0 Å². The van der Waals surface area contributed by atoms with Crippen molar-refractivity contribution < 1.29 is 59.5 Å². The summed E-state index contributed by atoms with van der Waals surface area (Å²) in [6.45, 7) is -1.51. The summed E-state index contributed by atoms with van der Waals surface area (Å²) >= 11 is 0. The second-order valence-corrected chi connectivity index (χ2v) is 6.56. The summed E-state index contributed by atoms with van der Waals surface area (Å²) in [6.07, 6.45) is -14.2. The summed E-state index contributed by atoms with van der Waals surface area (Å²) in [5.74, 6) is -0.706. The van der Waals surface area contributed by atoms with Gasteiger partial charge in [0.1, 0.15) is 55.4 Å². The molecule has 0 aromatic heterocycles. The zero-order chi connectivity index (χ0) is 21.0. The van der Waals surface area contributed by atoms with Crippen molar-refractivity contribution in [1.29, 1.82) is 0 Å². The van der Waals surface area contributed by atoms with E-state index in [1.807, 2.05) is 0 Å². The molecule has 8 N–H and O–H groups in total. The molecule has 13 nitrogen and oxygen atoms in total. The van der Waals surface area contributed by atoms with Crippen LogP contribution in [0.5, 0.6) is 0 Å². The molecule has 2 saturated heterocycles. The molecule has 2 rings (SSSR count). The number of aliphatic hydroxyl groups is 7. The largest absolute Gasteiger partial charge is 0.394 e. The normalized spacial score (nSPS) is 44.3.